The van der Waals surface area contributed by atoms with Gasteiger partial charge < -0.3 is 13.8 Å². The van der Waals surface area contributed by atoms with E-state index < -0.39 is 24.7 Å². The molecule has 1 aliphatic rings. The number of rotatable bonds is 9. The zero-order valence-corrected chi connectivity index (χ0v) is 18.9. The molecule has 2 aromatic rings. The Hall–Kier alpha value is -2.90. The van der Waals surface area contributed by atoms with Crippen LogP contribution in [0.3, 0.4) is 0 Å². The van der Waals surface area contributed by atoms with Crippen LogP contribution in [-0.2, 0) is 14.1 Å². The molecule has 0 spiro atoms. The number of para-hydroxylation sites is 1. The molecule has 172 valence electrons. The van der Waals surface area contributed by atoms with Crippen LogP contribution in [0.1, 0.15) is 39.5 Å². The van der Waals surface area contributed by atoms with Crippen LogP contribution in [0.15, 0.2) is 54.6 Å². The van der Waals surface area contributed by atoms with Crippen LogP contribution >= 0.6 is 7.75 Å². The fourth-order valence-corrected chi connectivity index (χ4v) is 4.88. The highest BCUT2D eigenvalue weighted by Crippen LogP contribution is 2.45. The largest absolute Gasteiger partial charge is 0.513 e. The standard InChI is InChI=1S/C22H27N2O7P/c1-16-8-12-19(13-9-16)29-22(25)17(2)23-32(28,30-20-6-4-3-5-7-20)31-21-14-10-18(11-15-21)24(26)27/h3-7,10-11,14-17,19H,8-9,12-13H2,1-2H3,(H,23,28)/t16-,17-,19-,32?/m0/s1. The topological polar surface area (TPSA) is 117 Å². The zero-order chi connectivity index (χ0) is 23.1. The van der Waals surface area contributed by atoms with E-state index in [0.717, 1.165) is 25.7 Å². The van der Waals surface area contributed by atoms with Gasteiger partial charge in [-0.1, -0.05) is 25.1 Å². The molecule has 0 aromatic heterocycles. The van der Waals surface area contributed by atoms with Crippen LogP contribution in [0.2, 0.25) is 0 Å². The Morgan fingerprint density at radius 3 is 2.16 bits per heavy atom. The first-order valence-corrected chi connectivity index (χ1v) is 12.1. The normalized spacial score (nSPS) is 21.1. The van der Waals surface area contributed by atoms with Crippen molar-refractivity contribution in [3.05, 3.63) is 64.7 Å². The molecule has 1 N–H and O–H groups in total. The number of nitrogens with one attached hydrogen (secondary N) is 1. The van der Waals surface area contributed by atoms with E-state index in [2.05, 4.69) is 12.0 Å². The van der Waals surface area contributed by atoms with E-state index in [1.807, 2.05) is 0 Å². The summed E-state index contributed by atoms with van der Waals surface area (Å²) >= 11 is 0. The Balaban J connectivity index is 1.71. The summed E-state index contributed by atoms with van der Waals surface area (Å²) in [6.07, 6.45) is 3.44. The number of non-ortho nitro benzene ring substituents is 1. The third kappa shape index (κ3) is 6.80. The van der Waals surface area contributed by atoms with E-state index in [1.165, 1.54) is 31.2 Å². The molecular weight excluding hydrogens is 435 g/mol. The van der Waals surface area contributed by atoms with Crippen molar-refractivity contribution in [1.82, 2.24) is 5.09 Å². The van der Waals surface area contributed by atoms with Crippen LogP contribution in [0.4, 0.5) is 5.69 Å². The number of hydrogen-bond donors (Lipinski definition) is 1. The zero-order valence-electron chi connectivity index (χ0n) is 18.0. The SMILES string of the molecule is C[C@H](NP(=O)(Oc1ccccc1)Oc1ccc([N+](=O)[O-])cc1)C(=O)O[C@H]1CC[C@H](C)CC1. The summed E-state index contributed by atoms with van der Waals surface area (Å²) in [5.41, 5.74) is -0.136. The molecule has 3 rings (SSSR count). The highest BCUT2D eigenvalue weighted by Gasteiger charge is 2.35. The molecule has 1 unspecified atom stereocenters. The van der Waals surface area contributed by atoms with Gasteiger partial charge in [-0.3, -0.25) is 14.9 Å². The fourth-order valence-electron chi connectivity index (χ4n) is 3.36. The first kappa shape index (κ1) is 23.8. The Morgan fingerprint density at radius 2 is 1.59 bits per heavy atom. The molecular formula is C22H27N2O7P. The van der Waals surface area contributed by atoms with E-state index in [0.29, 0.717) is 5.92 Å². The number of esters is 1. The van der Waals surface area contributed by atoms with Crippen LogP contribution in [0.25, 0.3) is 0 Å². The number of carbonyl (C=O) groups excluding carboxylic acids is 1. The maximum absolute atomic E-state index is 13.5. The predicted octanol–water partition coefficient (Wildman–Crippen LogP) is 5.26. The molecule has 0 bridgehead atoms. The Labute approximate surface area is 186 Å². The second kappa shape index (κ2) is 10.6. The fraction of sp³-hybridized carbons (Fsp3) is 0.409. The number of hydrogen-bond acceptors (Lipinski definition) is 7. The van der Waals surface area contributed by atoms with Gasteiger partial charge in [0.1, 0.15) is 23.6 Å². The third-order valence-electron chi connectivity index (χ3n) is 5.19. The highest BCUT2D eigenvalue weighted by atomic mass is 31.2. The van der Waals surface area contributed by atoms with Gasteiger partial charge in [0.05, 0.1) is 4.92 Å². The van der Waals surface area contributed by atoms with E-state index in [-0.39, 0.29) is 23.3 Å². The molecule has 1 saturated carbocycles. The minimum Gasteiger partial charge on any atom is -0.461 e. The van der Waals surface area contributed by atoms with E-state index in [4.69, 9.17) is 13.8 Å². The molecule has 1 fully saturated rings. The monoisotopic (exact) mass is 462 g/mol. The van der Waals surface area contributed by atoms with E-state index in [9.17, 15) is 19.5 Å². The minimum atomic E-state index is -4.10. The molecule has 32 heavy (non-hydrogen) atoms. The van der Waals surface area contributed by atoms with Crippen molar-refractivity contribution in [1.29, 1.82) is 0 Å². The molecule has 10 heteroatoms. The molecule has 0 heterocycles. The first-order valence-electron chi connectivity index (χ1n) is 10.5. The summed E-state index contributed by atoms with van der Waals surface area (Å²) in [7, 11) is -4.10. The van der Waals surface area contributed by atoms with Crippen LogP contribution in [0.5, 0.6) is 11.5 Å². The van der Waals surface area contributed by atoms with Crippen LogP contribution in [-0.4, -0.2) is 23.0 Å². The molecule has 0 radical (unpaired) electrons. The van der Waals surface area contributed by atoms with Gasteiger partial charge in [-0.15, -0.1) is 0 Å². The lowest BCUT2D eigenvalue weighted by Crippen LogP contribution is -2.38. The van der Waals surface area contributed by atoms with Gasteiger partial charge in [-0.2, -0.15) is 5.09 Å². The Morgan fingerprint density at radius 1 is 1.03 bits per heavy atom. The smallest absolute Gasteiger partial charge is 0.461 e. The van der Waals surface area contributed by atoms with Gasteiger partial charge in [-0.05, 0) is 62.8 Å². The van der Waals surface area contributed by atoms with Gasteiger partial charge >= 0.3 is 13.7 Å². The summed E-state index contributed by atoms with van der Waals surface area (Å²) in [6.45, 7) is 3.70. The van der Waals surface area contributed by atoms with Crippen molar-refractivity contribution >= 4 is 19.4 Å². The number of nitrogens with zero attached hydrogens (tertiary/aromatic N) is 1. The highest BCUT2D eigenvalue weighted by molar-refractivity contribution is 7.52. The summed E-state index contributed by atoms with van der Waals surface area (Å²) in [5, 5.41) is 13.5. The summed E-state index contributed by atoms with van der Waals surface area (Å²) in [4.78, 5) is 22.9. The maximum Gasteiger partial charge on any atom is 0.513 e. The van der Waals surface area contributed by atoms with Gasteiger partial charge in [0.25, 0.3) is 5.69 Å². The van der Waals surface area contributed by atoms with Crippen molar-refractivity contribution in [3.8, 4) is 11.5 Å². The van der Waals surface area contributed by atoms with E-state index in [1.54, 1.807) is 30.3 Å². The average Bonchev–Trinajstić information content (AvgIpc) is 2.76. The lowest BCUT2D eigenvalue weighted by atomic mass is 9.89. The summed E-state index contributed by atoms with van der Waals surface area (Å²) in [6, 6.07) is 12.5. The molecule has 0 amide bonds. The lowest BCUT2D eigenvalue weighted by molar-refractivity contribution is -0.384. The number of benzene rings is 2. The molecule has 2 atom stereocenters. The number of ether oxygens (including phenoxy) is 1. The quantitative estimate of drug-likeness (QED) is 0.232. The molecule has 1 aliphatic carbocycles. The van der Waals surface area contributed by atoms with Gasteiger partial charge in [0, 0.05) is 12.1 Å². The van der Waals surface area contributed by atoms with Crippen LogP contribution < -0.4 is 14.1 Å². The van der Waals surface area contributed by atoms with E-state index >= 15 is 0 Å². The van der Waals surface area contributed by atoms with Crippen molar-refractivity contribution in [2.75, 3.05) is 0 Å². The average molecular weight is 462 g/mol. The van der Waals surface area contributed by atoms with Crippen molar-refractivity contribution < 1.29 is 28.1 Å². The van der Waals surface area contributed by atoms with Crippen molar-refractivity contribution in [2.45, 2.75) is 51.7 Å². The molecule has 9 nitrogen and oxygen atoms in total. The molecule has 0 aliphatic heterocycles. The third-order valence-corrected chi connectivity index (χ3v) is 6.80. The van der Waals surface area contributed by atoms with Gasteiger partial charge in [-0.25, -0.2) is 4.57 Å². The van der Waals surface area contributed by atoms with Crippen molar-refractivity contribution in [3.63, 3.8) is 0 Å². The summed E-state index contributed by atoms with van der Waals surface area (Å²) in [5.74, 6) is 0.431. The minimum absolute atomic E-state index is 0.0872. The second-order valence-electron chi connectivity index (χ2n) is 7.91. The molecule has 2 aromatic carbocycles. The Bertz CT molecular complexity index is 960. The Kier molecular flexibility index (Phi) is 7.88. The predicted molar refractivity (Wildman–Crippen MR) is 119 cm³/mol. The van der Waals surface area contributed by atoms with Crippen LogP contribution in [0, 0.1) is 16.0 Å². The lowest BCUT2D eigenvalue weighted by Gasteiger charge is -2.28. The van der Waals surface area contributed by atoms with Crippen molar-refractivity contribution in [2.24, 2.45) is 5.92 Å². The van der Waals surface area contributed by atoms with Gasteiger partial charge in [0.15, 0.2) is 0 Å². The summed E-state index contributed by atoms with van der Waals surface area (Å²) < 4.78 is 30.3. The van der Waals surface area contributed by atoms with Gasteiger partial charge in [0.2, 0.25) is 0 Å². The number of nitro benzene ring substituents is 1. The number of nitro groups is 1. The molecule has 0 saturated heterocycles. The first-order chi connectivity index (χ1) is 15.2. The number of carbonyl (C=O) groups is 1. The second-order valence-corrected chi connectivity index (χ2v) is 9.53. The maximum atomic E-state index is 13.5.